The largest absolute Gasteiger partial charge is 0.364 e. The minimum atomic E-state index is -0.269. The Bertz CT molecular complexity index is 814. The summed E-state index contributed by atoms with van der Waals surface area (Å²) in [6.07, 6.45) is 4.87. The number of aryl methyl sites for hydroxylation is 1. The summed E-state index contributed by atoms with van der Waals surface area (Å²) in [6.45, 7) is 7.35. The third kappa shape index (κ3) is 3.61. The van der Waals surface area contributed by atoms with E-state index in [2.05, 4.69) is 47.3 Å². The summed E-state index contributed by atoms with van der Waals surface area (Å²) in [5, 5.41) is 3.37. The van der Waals surface area contributed by atoms with E-state index in [1.165, 1.54) is 5.56 Å². The molecule has 0 saturated heterocycles. The molecule has 1 aliphatic heterocycles. The second-order valence-corrected chi connectivity index (χ2v) is 6.77. The summed E-state index contributed by atoms with van der Waals surface area (Å²) in [7, 11) is 0. The first-order chi connectivity index (χ1) is 12.7. The first-order valence-corrected chi connectivity index (χ1v) is 9.48. The van der Waals surface area contributed by atoms with Crippen LogP contribution in [0.3, 0.4) is 0 Å². The number of nitrogens with zero attached hydrogens (tertiary/aromatic N) is 2. The number of aromatic nitrogens is 2. The molecule has 1 unspecified atom stereocenters. The zero-order valence-corrected chi connectivity index (χ0v) is 15.6. The van der Waals surface area contributed by atoms with Gasteiger partial charge >= 0.3 is 0 Å². The second kappa shape index (κ2) is 8.37. The zero-order chi connectivity index (χ0) is 18.5. The van der Waals surface area contributed by atoms with E-state index in [4.69, 9.17) is 16.5 Å². The van der Waals surface area contributed by atoms with E-state index < -0.39 is 0 Å². The van der Waals surface area contributed by atoms with Gasteiger partial charge in [-0.25, -0.2) is 4.98 Å². The van der Waals surface area contributed by atoms with Crippen molar-refractivity contribution in [3.05, 3.63) is 53.7 Å². The minimum Gasteiger partial charge on any atom is -0.364 e. The monoisotopic (exact) mass is 351 g/mol. The SMILES string of the molecule is C=C=C(CN)CCCn1c(CCCC)nc2c1-c1ccccc1NC2N. The normalized spacial score (nSPS) is 15.0. The van der Waals surface area contributed by atoms with Crippen molar-refractivity contribution in [2.75, 3.05) is 11.9 Å². The van der Waals surface area contributed by atoms with Gasteiger partial charge < -0.3 is 21.4 Å². The molecule has 0 spiro atoms. The molecule has 138 valence electrons. The number of unbranched alkanes of at least 4 members (excludes halogenated alkanes) is 1. The van der Waals surface area contributed by atoms with Gasteiger partial charge in [-0.3, -0.25) is 0 Å². The third-order valence-electron chi connectivity index (χ3n) is 4.97. The topological polar surface area (TPSA) is 81.9 Å². The highest BCUT2D eigenvalue weighted by Gasteiger charge is 2.28. The van der Waals surface area contributed by atoms with Crippen molar-refractivity contribution in [2.24, 2.45) is 11.5 Å². The van der Waals surface area contributed by atoms with Gasteiger partial charge in [-0.1, -0.05) is 38.1 Å². The van der Waals surface area contributed by atoms with E-state index in [-0.39, 0.29) is 6.17 Å². The van der Waals surface area contributed by atoms with Crippen LogP contribution in [0.4, 0.5) is 5.69 Å². The van der Waals surface area contributed by atoms with Gasteiger partial charge in [-0.2, -0.15) is 0 Å². The molecular weight excluding hydrogens is 322 g/mol. The first kappa shape index (κ1) is 18.5. The Morgan fingerprint density at radius 1 is 1.35 bits per heavy atom. The molecule has 2 heterocycles. The molecule has 0 aliphatic carbocycles. The van der Waals surface area contributed by atoms with Crippen molar-refractivity contribution in [2.45, 2.75) is 51.7 Å². The van der Waals surface area contributed by atoms with Crippen LogP contribution in [0.15, 0.2) is 42.1 Å². The van der Waals surface area contributed by atoms with E-state index in [1.807, 2.05) is 6.07 Å². The van der Waals surface area contributed by atoms with Gasteiger partial charge in [0.25, 0.3) is 0 Å². The lowest BCUT2D eigenvalue weighted by molar-refractivity contribution is 0.599. The van der Waals surface area contributed by atoms with Crippen LogP contribution < -0.4 is 16.8 Å². The molecule has 3 rings (SSSR count). The lowest BCUT2D eigenvalue weighted by atomic mass is 10.0. The van der Waals surface area contributed by atoms with Gasteiger partial charge in [0.15, 0.2) is 0 Å². The Morgan fingerprint density at radius 2 is 2.15 bits per heavy atom. The number of nitrogens with one attached hydrogen (secondary N) is 1. The predicted molar refractivity (Wildman–Crippen MR) is 108 cm³/mol. The lowest BCUT2D eigenvalue weighted by Crippen LogP contribution is -2.25. The van der Waals surface area contributed by atoms with E-state index in [9.17, 15) is 0 Å². The standard InChI is InChI=1S/C21H29N5/c1-3-5-12-18-25-19-20(26(18)13-8-9-15(4-2)14-22)16-10-6-7-11-17(16)24-21(19)23/h6-7,10-11,21,24H,2-3,5,8-9,12-14,22-23H2,1H3. The molecule has 0 bridgehead atoms. The highest BCUT2D eigenvalue weighted by Crippen LogP contribution is 2.39. The molecule has 1 aliphatic rings. The molecule has 26 heavy (non-hydrogen) atoms. The maximum Gasteiger partial charge on any atom is 0.120 e. The van der Waals surface area contributed by atoms with Crippen molar-refractivity contribution in [1.82, 2.24) is 9.55 Å². The summed E-state index contributed by atoms with van der Waals surface area (Å²) < 4.78 is 2.36. The molecule has 5 N–H and O–H groups in total. The Labute approximate surface area is 155 Å². The van der Waals surface area contributed by atoms with Crippen LogP contribution >= 0.6 is 0 Å². The zero-order valence-electron chi connectivity index (χ0n) is 15.6. The number of fused-ring (bicyclic) bond motifs is 3. The fourth-order valence-electron chi connectivity index (χ4n) is 3.55. The van der Waals surface area contributed by atoms with Gasteiger partial charge in [-0.15, -0.1) is 5.73 Å². The Hall–Kier alpha value is -2.33. The summed E-state index contributed by atoms with van der Waals surface area (Å²) in [4.78, 5) is 4.92. The Kier molecular flexibility index (Phi) is 5.94. The fourth-order valence-corrected chi connectivity index (χ4v) is 3.55. The Morgan fingerprint density at radius 3 is 2.88 bits per heavy atom. The maximum absolute atomic E-state index is 6.37. The van der Waals surface area contributed by atoms with Gasteiger partial charge in [0.2, 0.25) is 0 Å². The molecule has 0 saturated carbocycles. The van der Waals surface area contributed by atoms with Gasteiger partial charge in [0.05, 0.1) is 5.69 Å². The van der Waals surface area contributed by atoms with E-state index in [0.29, 0.717) is 6.54 Å². The molecule has 1 aromatic heterocycles. The average molecular weight is 351 g/mol. The summed E-state index contributed by atoms with van der Waals surface area (Å²) in [5.41, 5.74) is 20.5. The highest BCUT2D eigenvalue weighted by atomic mass is 15.2. The second-order valence-electron chi connectivity index (χ2n) is 6.77. The molecule has 0 fully saturated rings. The number of imidazole rings is 1. The smallest absolute Gasteiger partial charge is 0.120 e. The molecule has 2 aromatic rings. The van der Waals surface area contributed by atoms with Crippen molar-refractivity contribution in [1.29, 1.82) is 0 Å². The summed E-state index contributed by atoms with van der Waals surface area (Å²) in [6, 6.07) is 8.32. The van der Waals surface area contributed by atoms with Gasteiger partial charge in [0, 0.05) is 30.8 Å². The molecule has 0 radical (unpaired) electrons. The minimum absolute atomic E-state index is 0.269. The van der Waals surface area contributed by atoms with Crippen LogP contribution in [0.2, 0.25) is 0 Å². The molecule has 0 amide bonds. The fraction of sp³-hybridized carbons (Fsp3) is 0.429. The maximum atomic E-state index is 6.37. The van der Waals surface area contributed by atoms with E-state index in [0.717, 1.165) is 67.1 Å². The van der Waals surface area contributed by atoms with Crippen molar-refractivity contribution in [3.8, 4) is 11.3 Å². The number of rotatable bonds is 8. The van der Waals surface area contributed by atoms with Crippen molar-refractivity contribution < 1.29 is 0 Å². The van der Waals surface area contributed by atoms with Crippen molar-refractivity contribution in [3.63, 3.8) is 0 Å². The summed E-state index contributed by atoms with van der Waals surface area (Å²) in [5.74, 6) is 1.13. The predicted octanol–water partition coefficient (Wildman–Crippen LogP) is 3.73. The van der Waals surface area contributed by atoms with Gasteiger partial charge in [-0.05, 0) is 30.9 Å². The van der Waals surface area contributed by atoms with Crippen LogP contribution in [0.5, 0.6) is 0 Å². The lowest BCUT2D eigenvalue weighted by Gasteiger charge is -2.25. The van der Waals surface area contributed by atoms with Crippen LogP contribution in [0.25, 0.3) is 11.3 Å². The van der Waals surface area contributed by atoms with Crippen LogP contribution in [-0.2, 0) is 13.0 Å². The van der Waals surface area contributed by atoms with E-state index in [1.54, 1.807) is 0 Å². The van der Waals surface area contributed by atoms with Crippen LogP contribution in [-0.4, -0.2) is 16.1 Å². The first-order valence-electron chi connectivity index (χ1n) is 9.48. The van der Waals surface area contributed by atoms with Crippen molar-refractivity contribution >= 4 is 5.69 Å². The molecular formula is C21H29N5. The Balaban J connectivity index is 1.97. The van der Waals surface area contributed by atoms with Crippen LogP contribution in [0, 0.1) is 0 Å². The quantitative estimate of drug-likeness (QED) is 0.633. The number of anilines is 1. The number of nitrogens with two attached hydrogens (primary N) is 2. The highest BCUT2D eigenvalue weighted by molar-refractivity contribution is 5.81. The third-order valence-corrected chi connectivity index (χ3v) is 4.97. The summed E-state index contributed by atoms with van der Waals surface area (Å²) >= 11 is 0. The number of benzene rings is 1. The molecule has 5 heteroatoms. The molecule has 1 atom stereocenters. The molecule has 1 aromatic carbocycles. The van der Waals surface area contributed by atoms with Crippen LogP contribution in [0.1, 0.15) is 50.3 Å². The average Bonchev–Trinajstić information content (AvgIpc) is 3.03. The van der Waals surface area contributed by atoms with Gasteiger partial charge in [0.1, 0.15) is 17.7 Å². The molecule has 5 nitrogen and oxygen atoms in total. The number of para-hydroxylation sites is 1. The number of hydrogen-bond donors (Lipinski definition) is 3. The number of hydrogen-bond acceptors (Lipinski definition) is 4. The van der Waals surface area contributed by atoms with E-state index >= 15 is 0 Å².